The molecule has 6 nitrogen and oxygen atoms in total. The Balaban J connectivity index is 0.00000433. The van der Waals surface area contributed by atoms with Gasteiger partial charge in [0.1, 0.15) is 34.6 Å². The first-order chi connectivity index (χ1) is 42.7. The number of phenolic OH excluding ortho intramolecular Hbond substituents is 2. The zero-order chi connectivity index (χ0) is 68.5. The molecule has 0 aliphatic heterocycles. The molecule has 0 amide bonds. The zero-order valence-electron chi connectivity index (χ0n) is 61.6. The van der Waals surface area contributed by atoms with E-state index in [9.17, 15) is 10.2 Å². The van der Waals surface area contributed by atoms with Crippen molar-refractivity contribution in [1.29, 1.82) is 0 Å². The number of aromatic nitrogens is 2. The van der Waals surface area contributed by atoms with Gasteiger partial charge in [0, 0.05) is 43.8 Å². The average Bonchev–Trinajstić information content (AvgIpc) is 1.52. The predicted molar refractivity (Wildman–Crippen MR) is 393 cm³/mol. The van der Waals surface area contributed by atoms with E-state index < -0.39 is 41.6 Å². The Kier molecular flexibility index (Phi) is 21.1. The van der Waals surface area contributed by atoms with Gasteiger partial charge in [-0.1, -0.05) is 177 Å². The Bertz CT molecular complexity index is 4110. The van der Waals surface area contributed by atoms with Crippen molar-refractivity contribution in [3.8, 4) is 56.6 Å². The van der Waals surface area contributed by atoms with Crippen LogP contribution in [0.5, 0.6) is 23.0 Å². The van der Waals surface area contributed by atoms with Crippen molar-refractivity contribution >= 4 is 43.6 Å². The Hall–Kier alpha value is -6.84. The van der Waals surface area contributed by atoms with Crippen LogP contribution in [0.4, 0.5) is 17.6 Å². The van der Waals surface area contributed by atoms with Crippen LogP contribution in [0, 0.1) is 37.3 Å². The van der Waals surface area contributed by atoms with Gasteiger partial charge in [-0.15, -0.1) is 0 Å². The second-order valence-electron chi connectivity index (χ2n) is 34.3. The molecule has 0 spiro atoms. The molecule has 2 N–H and O–H groups in total. The van der Waals surface area contributed by atoms with Gasteiger partial charge >= 0.3 is 32.1 Å². The van der Waals surface area contributed by atoms with Gasteiger partial charge in [0.15, 0.2) is 13.2 Å². The molecular formula is C85H104F4N2O4Zr. The Morgan fingerprint density at radius 3 is 0.865 bits per heavy atom. The molecule has 0 radical (unpaired) electrons. The third kappa shape index (κ3) is 15.7. The van der Waals surface area contributed by atoms with Crippen molar-refractivity contribution in [3.05, 3.63) is 193 Å². The first kappa shape index (κ1) is 76.5. The molecule has 2 heterocycles. The van der Waals surface area contributed by atoms with E-state index in [-0.39, 0.29) is 119 Å². The van der Waals surface area contributed by atoms with E-state index in [1.54, 1.807) is 0 Å². The molecule has 0 aliphatic carbocycles. The number of ether oxygens (including phenoxy) is 2. The molecule has 2 aromatic heterocycles. The molecular weight excluding hydrogens is 1280 g/mol. The zero-order valence-corrected chi connectivity index (χ0v) is 64.1. The fourth-order valence-electron chi connectivity index (χ4n) is 14.1. The number of hydrogen-bond donors (Lipinski definition) is 2. The summed E-state index contributed by atoms with van der Waals surface area (Å²) in [5.74, 6) is -5.55. The van der Waals surface area contributed by atoms with E-state index in [1.807, 2.05) is 24.3 Å². The van der Waals surface area contributed by atoms with Crippen LogP contribution in [0.25, 0.3) is 77.2 Å². The molecule has 11 heteroatoms. The van der Waals surface area contributed by atoms with Crippen molar-refractivity contribution in [1.82, 2.24) is 9.13 Å². The normalized spacial score (nSPS) is 13.1. The molecule has 0 saturated heterocycles. The summed E-state index contributed by atoms with van der Waals surface area (Å²) in [5, 5.41) is 30.0. The van der Waals surface area contributed by atoms with Crippen molar-refractivity contribution in [3.63, 3.8) is 0 Å². The van der Waals surface area contributed by atoms with Crippen LogP contribution >= 0.6 is 0 Å². The molecule has 510 valence electrons. The van der Waals surface area contributed by atoms with E-state index in [1.165, 1.54) is 24.3 Å². The van der Waals surface area contributed by atoms with Crippen molar-refractivity contribution in [2.45, 2.75) is 204 Å². The van der Waals surface area contributed by atoms with E-state index in [4.69, 9.17) is 9.47 Å². The Morgan fingerprint density at radius 1 is 0.344 bits per heavy atom. The van der Waals surface area contributed by atoms with Gasteiger partial charge in [-0.3, -0.25) is 0 Å². The third-order valence-electron chi connectivity index (χ3n) is 18.5. The molecule has 96 heavy (non-hydrogen) atoms. The van der Waals surface area contributed by atoms with E-state index >= 15 is 17.6 Å². The maximum absolute atomic E-state index is 16.9. The van der Waals surface area contributed by atoms with Gasteiger partial charge < -0.3 is 43.7 Å². The molecule has 0 fully saturated rings. The predicted octanol–water partition coefficient (Wildman–Crippen LogP) is 24.5. The number of nitrogens with zero attached hydrogens (tertiary/aromatic N) is 2. The number of fused-ring (bicyclic) bond motifs is 6. The molecule has 0 unspecified atom stereocenters. The molecule has 10 rings (SSSR count). The van der Waals surface area contributed by atoms with Gasteiger partial charge in [-0.2, -0.15) is 8.78 Å². The number of phenols is 2. The number of rotatable bonds is 14. The minimum atomic E-state index is -3.70. The van der Waals surface area contributed by atoms with E-state index in [0.29, 0.717) is 11.4 Å². The largest absolute Gasteiger partial charge is 2.00 e. The summed E-state index contributed by atoms with van der Waals surface area (Å²) in [6.45, 7) is 45.4. The minimum Gasteiger partial charge on any atom is -0.505 e. The van der Waals surface area contributed by atoms with Crippen molar-refractivity contribution in [2.75, 3.05) is 13.2 Å². The maximum atomic E-state index is 16.9. The third-order valence-corrected chi connectivity index (χ3v) is 18.5. The molecule has 0 saturated carbocycles. The van der Waals surface area contributed by atoms with Gasteiger partial charge in [0.05, 0.1) is 33.4 Å². The number of benzene rings is 8. The van der Waals surface area contributed by atoms with Crippen LogP contribution in [0.1, 0.15) is 199 Å². The van der Waals surface area contributed by atoms with Crippen LogP contribution < -0.4 is 9.47 Å². The molecule has 0 bridgehead atoms. The number of alkyl halides is 2. The first-order valence-electron chi connectivity index (χ1n) is 32.9. The summed E-state index contributed by atoms with van der Waals surface area (Å²) < 4.78 is 82.2. The fraction of sp³-hybridized carbons (Fsp3) is 0.412. The van der Waals surface area contributed by atoms with Crippen LogP contribution in [0.15, 0.2) is 133 Å². The van der Waals surface area contributed by atoms with Crippen LogP contribution in [-0.2, 0) is 58.7 Å². The van der Waals surface area contributed by atoms with Crippen molar-refractivity contribution < 1.29 is 63.5 Å². The summed E-state index contributed by atoms with van der Waals surface area (Å²) in [7, 11) is 0. The molecule has 0 atom stereocenters. The summed E-state index contributed by atoms with van der Waals surface area (Å²) >= 11 is 0. The monoisotopic (exact) mass is 1380 g/mol. The SMILES string of the molecule is CC(C)(C)CC(C)(C)c1cc(-c2cc(F)ccc2OCC(F)(F)COc2ccc(F)cc2-c2cc(C(C)(C)CC(C)(C)C)cc(-n3c4ccc(C(C)(C)C)cc4c4cc(C(C)(C)C)ccc43)c2O)c(O)c(-n2c3ccc(C(C)(C)C)cc3c3cc(C(C)(C)C)ccc32)c1.[CH3-].[CH3-].[Zr+2]. The molecule has 10 aromatic rings. The van der Waals surface area contributed by atoms with Gasteiger partial charge in [0.2, 0.25) is 0 Å². The van der Waals surface area contributed by atoms with Gasteiger partial charge in [-0.25, -0.2) is 8.78 Å². The first-order valence-corrected chi connectivity index (χ1v) is 32.9. The fourth-order valence-corrected chi connectivity index (χ4v) is 14.1. The van der Waals surface area contributed by atoms with Gasteiger partial charge in [-0.05, 0) is 199 Å². The quantitative estimate of drug-likeness (QED) is 0.0841. The maximum Gasteiger partial charge on any atom is 2.00 e. The molecule has 0 aliphatic rings. The number of hydrogen-bond acceptors (Lipinski definition) is 4. The summed E-state index contributed by atoms with van der Waals surface area (Å²) in [6, 6.07) is 40.8. The molecule has 8 aromatic carbocycles. The second-order valence-corrected chi connectivity index (χ2v) is 34.3. The second kappa shape index (κ2) is 26.4. The standard InChI is InChI=1S/C83H98F4N2O4.2CH3.Zr/c1-75(2,3)45-81(19,20)53-39-63(73(90)69(41-53)88-65-29-23-49(77(7,8)9)35-57(65)58-36-50(78(10,11)12)24-30-66(58)88)61-43-55(84)27-33-71(61)92-47-83(86,87)48-93-72-34-28-56(85)44-62(72)64-40-54(82(21,22)46-76(4,5)6)42-70(74(64)91)89-67-31-25-51(79(13,14)15)37-59(67)60-38-52(80(16,17)18)26-32-68(60)89;;;/h23-44,90-91H,45-48H2,1-22H3;2*1H3;/q;2*-1;+2. The van der Waals surface area contributed by atoms with Crippen LogP contribution in [-0.4, -0.2) is 38.5 Å². The smallest absolute Gasteiger partial charge is 0.505 e. The van der Waals surface area contributed by atoms with Crippen molar-refractivity contribution in [2.24, 2.45) is 10.8 Å². The Morgan fingerprint density at radius 2 is 0.615 bits per heavy atom. The topological polar surface area (TPSA) is 68.8 Å². The number of halogens is 4. The van der Waals surface area contributed by atoms with Crippen LogP contribution in [0.2, 0.25) is 0 Å². The Labute approximate surface area is 590 Å². The average molecular weight is 1380 g/mol. The summed E-state index contributed by atoms with van der Waals surface area (Å²) in [5.41, 5.74) is 9.27. The minimum absolute atomic E-state index is 0. The number of aromatic hydroxyl groups is 2. The summed E-state index contributed by atoms with van der Waals surface area (Å²) in [6.07, 6.45) is 1.46. The van der Waals surface area contributed by atoms with Gasteiger partial charge in [0.25, 0.3) is 0 Å². The van der Waals surface area contributed by atoms with E-state index in [2.05, 4.69) is 234 Å². The summed E-state index contributed by atoms with van der Waals surface area (Å²) in [4.78, 5) is 0. The van der Waals surface area contributed by atoms with E-state index in [0.717, 1.165) is 102 Å². The van der Waals surface area contributed by atoms with Crippen LogP contribution in [0.3, 0.4) is 0 Å².